The second-order valence-electron chi connectivity index (χ2n) is 4.49. The maximum atomic E-state index is 11.6. The summed E-state index contributed by atoms with van der Waals surface area (Å²) in [5.41, 5.74) is 1.40. The molecule has 1 aromatic heterocycles. The van der Waals surface area contributed by atoms with Crippen molar-refractivity contribution in [2.75, 3.05) is 11.9 Å². The third-order valence-corrected chi connectivity index (χ3v) is 2.84. The number of carboxylic acids is 1. The van der Waals surface area contributed by atoms with Crippen LogP contribution in [0.5, 0.6) is 0 Å². The van der Waals surface area contributed by atoms with Crippen LogP contribution in [0.4, 0.5) is 10.5 Å². The molecule has 2 aromatic rings. The summed E-state index contributed by atoms with van der Waals surface area (Å²) in [6.45, 7) is 1.60. The molecule has 3 N–H and O–H groups in total. The van der Waals surface area contributed by atoms with E-state index < -0.39 is 17.9 Å². The van der Waals surface area contributed by atoms with Gasteiger partial charge in [0.15, 0.2) is 0 Å². The second kappa shape index (κ2) is 6.01. The number of aromatic nitrogens is 1. The van der Waals surface area contributed by atoms with Crippen LogP contribution < -0.4 is 10.6 Å². The number of amides is 2. The third-order valence-electron chi connectivity index (χ3n) is 2.84. The molecule has 2 rings (SSSR count). The van der Waals surface area contributed by atoms with E-state index >= 15 is 0 Å². The average Bonchev–Trinajstić information content (AvgIpc) is 2.44. The van der Waals surface area contributed by atoms with Gasteiger partial charge in [-0.05, 0) is 12.1 Å². The van der Waals surface area contributed by atoms with Crippen molar-refractivity contribution in [3.05, 3.63) is 36.5 Å². The number of para-hydroxylation sites is 1. The van der Waals surface area contributed by atoms with Crippen molar-refractivity contribution in [2.24, 2.45) is 5.92 Å². The van der Waals surface area contributed by atoms with E-state index in [-0.39, 0.29) is 6.54 Å². The number of carbonyl (C=O) groups excluding carboxylic acids is 1. The van der Waals surface area contributed by atoms with Crippen LogP contribution in [0.1, 0.15) is 6.92 Å². The normalized spacial score (nSPS) is 11.8. The molecule has 0 radical (unpaired) electrons. The molecule has 0 aliphatic rings. The van der Waals surface area contributed by atoms with Gasteiger partial charge in [0.05, 0.1) is 23.3 Å². The highest BCUT2D eigenvalue weighted by Gasteiger charge is 2.12. The van der Waals surface area contributed by atoms with Gasteiger partial charge in [-0.1, -0.05) is 25.1 Å². The summed E-state index contributed by atoms with van der Waals surface area (Å²) in [6, 6.07) is 8.93. The van der Waals surface area contributed by atoms with E-state index in [2.05, 4.69) is 15.6 Å². The third kappa shape index (κ3) is 3.44. The molecule has 6 heteroatoms. The van der Waals surface area contributed by atoms with Crippen LogP contribution in [0.25, 0.3) is 10.9 Å². The van der Waals surface area contributed by atoms with Crippen LogP contribution in [0.2, 0.25) is 0 Å². The molecule has 1 atom stereocenters. The molecule has 0 fully saturated rings. The Balaban J connectivity index is 1.97. The van der Waals surface area contributed by atoms with Gasteiger partial charge in [0, 0.05) is 11.9 Å². The quantitative estimate of drug-likeness (QED) is 0.795. The molecule has 0 saturated carbocycles. The monoisotopic (exact) mass is 273 g/mol. The van der Waals surface area contributed by atoms with Crippen molar-refractivity contribution in [3.63, 3.8) is 0 Å². The molecule has 0 bridgehead atoms. The zero-order chi connectivity index (χ0) is 14.5. The van der Waals surface area contributed by atoms with Gasteiger partial charge in [-0.25, -0.2) is 4.79 Å². The van der Waals surface area contributed by atoms with Crippen molar-refractivity contribution in [3.8, 4) is 0 Å². The summed E-state index contributed by atoms with van der Waals surface area (Å²) < 4.78 is 0. The van der Waals surface area contributed by atoms with Crippen LogP contribution in [0, 0.1) is 5.92 Å². The van der Waals surface area contributed by atoms with Crippen LogP contribution in [0.15, 0.2) is 36.5 Å². The highest BCUT2D eigenvalue weighted by atomic mass is 16.4. The lowest BCUT2D eigenvalue weighted by Gasteiger charge is -2.10. The second-order valence-corrected chi connectivity index (χ2v) is 4.49. The first-order valence-electron chi connectivity index (χ1n) is 6.18. The van der Waals surface area contributed by atoms with Gasteiger partial charge in [0.1, 0.15) is 0 Å². The molecule has 1 heterocycles. The molecule has 0 aliphatic carbocycles. The van der Waals surface area contributed by atoms with Crippen LogP contribution in [0.3, 0.4) is 0 Å². The van der Waals surface area contributed by atoms with E-state index in [4.69, 9.17) is 5.11 Å². The van der Waals surface area contributed by atoms with Crippen molar-refractivity contribution in [1.29, 1.82) is 0 Å². The van der Waals surface area contributed by atoms with E-state index in [9.17, 15) is 9.59 Å². The van der Waals surface area contributed by atoms with Gasteiger partial charge in [-0.3, -0.25) is 9.78 Å². The summed E-state index contributed by atoms with van der Waals surface area (Å²) in [5.74, 6) is -1.58. The number of nitrogens with zero attached hydrogens (tertiary/aromatic N) is 1. The van der Waals surface area contributed by atoms with Gasteiger partial charge in [-0.2, -0.15) is 0 Å². The zero-order valence-electron chi connectivity index (χ0n) is 11.0. The number of rotatable bonds is 4. The van der Waals surface area contributed by atoms with E-state index in [1.165, 1.54) is 6.92 Å². The Bertz CT molecular complexity index is 642. The van der Waals surface area contributed by atoms with Gasteiger partial charge in [-0.15, -0.1) is 0 Å². The number of carbonyl (C=O) groups is 2. The van der Waals surface area contributed by atoms with Gasteiger partial charge in [0.25, 0.3) is 0 Å². The molecule has 20 heavy (non-hydrogen) atoms. The largest absolute Gasteiger partial charge is 0.481 e. The molecule has 0 aliphatic heterocycles. The van der Waals surface area contributed by atoms with E-state index in [0.29, 0.717) is 5.69 Å². The fraction of sp³-hybridized carbons (Fsp3) is 0.214. The summed E-state index contributed by atoms with van der Waals surface area (Å²) in [6.07, 6.45) is 1.56. The predicted octanol–water partition coefficient (Wildman–Crippen LogP) is 2.08. The van der Waals surface area contributed by atoms with Crippen LogP contribution in [-0.4, -0.2) is 28.6 Å². The van der Waals surface area contributed by atoms with E-state index in [1.54, 1.807) is 6.20 Å². The summed E-state index contributed by atoms with van der Waals surface area (Å²) in [5, 5.41) is 14.8. The lowest BCUT2D eigenvalue weighted by Crippen LogP contribution is -2.34. The molecule has 0 spiro atoms. The van der Waals surface area contributed by atoms with E-state index in [1.807, 2.05) is 30.3 Å². The molecular weight excluding hydrogens is 258 g/mol. The maximum absolute atomic E-state index is 11.6. The molecular formula is C14H15N3O3. The first-order chi connectivity index (χ1) is 9.56. The Morgan fingerprint density at radius 1 is 1.35 bits per heavy atom. The SMILES string of the molecule is CC(CNC(=O)Nc1cnc2ccccc2c1)C(=O)O. The number of pyridine rings is 1. The summed E-state index contributed by atoms with van der Waals surface area (Å²) in [7, 11) is 0. The minimum atomic E-state index is -0.947. The topological polar surface area (TPSA) is 91.3 Å². The minimum absolute atomic E-state index is 0.0716. The highest BCUT2D eigenvalue weighted by molar-refractivity contribution is 5.92. The van der Waals surface area contributed by atoms with Gasteiger partial charge >= 0.3 is 12.0 Å². The number of benzene rings is 1. The number of fused-ring (bicyclic) bond motifs is 1. The Kier molecular flexibility index (Phi) is 4.14. The van der Waals surface area contributed by atoms with E-state index in [0.717, 1.165) is 10.9 Å². The number of aliphatic carboxylic acids is 1. The van der Waals surface area contributed by atoms with Gasteiger partial charge < -0.3 is 15.7 Å². The minimum Gasteiger partial charge on any atom is -0.481 e. The predicted molar refractivity (Wildman–Crippen MR) is 75.6 cm³/mol. The van der Waals surface area contributed by atoms with Crippen LogP contribution >= 0.6 is 0 Å². The summed E-state index contributed by atoms with van der Waals surface area (Å²) in [4.78, 5) is 26.5. The first kappa shape index (κ1) is 13.8. The molecule has 104 valence electrons. The Labute approximate surface area is 115 Å². The fourth-order valence-corrected chi connectivity index (χ4v) is 1.65. The fourth-order valence-electron chi connectivity index (χ4n) is 1.65. The van der Waals surface area contributed by atoms with Crippen molar-refractivity contribution in [1.82, 2.24) is 10.3 Å². The number of carboxylic acid groups (broad SMARTS) is 1. The Morgan fingerprint density at radius 2 is 2.10 bits per heavy atom. The number of urea groups is 1. The number of anilines is 1. The molecule has 1 aromatic carbocycles. The van der Waals surface area contributed by atoms with Crippen molar-refractivity contribution in [2.45, 2.75) is 6.92 Å². The molecule has 2 amide bonds. The maximum Gasteiger partial charge on any atom is 0.319 e. The smallest absolute Gasteiger partial charge is 0.319 e. The molecule has 1 unspecified atom stereocenters. The standard InChI is InChI=1S/C14H15N3O3/c1-9(13(18)19)7-16-14(20)17-11-6-10-4-2-3-5-12(10)15-8-11/h2-6,8-9H,7H2,1H3,(H,18,19)(H2,16,17,20). The lowest BCUT2D eigenvalue weighted by atomic mass is 10.2. The zero-order valence-corrected chi connectivity index (χ0v) is 11.0. The first-order valence-corrected chi connectivity index (χ1v) is 6.18. The number of nitrogens with one attached hydrogen (secondary N) is 2. The van der Waals surface area contributed by atoms with Crippen molar-refractivity contribution >= 4 is 28.6 Å². The lowest BCUT2D eigenvalue weighted by molar-refractivity contribution is -0.140. The number of hydrogen-bond acceptors (Lipinski definition) is 3. The summed E-state index contributed by atoms with van der Waals surface area (Å²) >= 11 is 0. The Morgan fingerprint density at radius 3 is 2.85 bits per heavy atom. The number of hydrogen-bond donors (Lipinski definition) is 3. The van der Waals surface area contributed by atoms with Crippen molar-refractivity contribution < 1.29 is 14.7 Å². The highest BCUT2D eigenvalue weighted by Crippen LogP contribution is 2.15. The average molecular weight is 273 g/mol. The van der Waals surface area contributed by atoms with Crippen LogP contribution in [-0.2, 0) is 4.79 Å². The molecule has 0 saturated heterocycles. The molecule has 6 nitrogen and oxygen atoms in total. The van der Waals surface area contributed by atoms with Gasteiger partial charge in [0.2, 0.25) is 0 Å². The Hall–Kier alpha value is -2.63.